The number of hydrogen-bond acceptors (Lipinski definition) is 3. The molecule has 19 heavy (non-hydrogen) atoms. The van der Waals surface area contributed by atoms with Gasteiger partial charge in [0.15, 0.2) is 0 Å². The van der Waals surface area contributed by atoms with Gasteiger partial charge in [0.2, 0.25) is 0 Å². The molecule has 1 N–H and O–H groups in total. The van der Waals surface area contributed by atoms with E-state index < -0.39 is 0 Å². The lowest BCUT2D eigenvalue weighted by atomic mass is 10.1. The topological polar surface area (TPSA) is 24.5 Å². The van der Waals surface area contributed by atoms with Gasteiger partial charge in [-0.25, -0.2) is 0 Å². The summed E-state index contributed by atoms with van der Waals surface area (Å²) in [6.45, 7) is 4.30. The van der Waals surface area contributed by atoms with E-state index in [2.05, 4.69) is 30.3 Å². The minimum absolute atomic E-state index is 0.293. The molecule has 0 spiro atoms. The molecule has 1 heterocycles. The highest BCUT2D eigenvalue weighted by Crippen LogP contribution is 2.30. The van der Waals surface area contributed by atoms with Gasteiger partial charge in [0.25, 0.3) is 0 Å². The van der Waals surface area contributed by atoms with Gasteiger partial charge in [-0.15, -0.1) is 0 Å². The lowest BCUT2D eigenvalue weighted by molar-refractivity contribution is 0.114. The molecule has 106 valence electrons. The first-order valence-corrected chi connectivity index (χ1v) is 7.30. The van der Waals surface area contributed by atoms with Gasteiger partial charge in [-0.2, -0.15) is 0 Å². The molecule has 3 nitrogen and oxygen atoms in total. The van der Waals surface area contributed by atoms with Crippen LogP contribution >= 0.6 is 11.6 Å². The molecule has 1 aliphatic heterocycles. The van der Waals surface area contributed by atoms with Crippen LogP contribution in [0.2, 0.25) is 5.02 Å². The van der Waals surface area contributed by atoms with E-state index in [4.69, 9.17) is 16.3 Å². The molecule has 0 bridgehead atoms. The largest absolute Gasteiger partial charge is 0.489 e. The van der Waals surface area contributed by atoms with E-state index in [1.165, 1.54) is 5.56 Å². The van der Waals surface area contributed by atoms with Gasteiger partial charge in [0, 0.05) is 19.1 Å². The summed E-state index contributed by atoms with van der Waals surface area (Å²) in [5.41, 5.74) is 1.18. The highest BCUT2D eigenvalue weighted by atomic mass is 35.5. The van der Waals surface area contributed by atoms with Crippen molar-refractivity contribution in [2.24, 2.45) is 0 Å². The van der Waals surface area contributed by atoms with Crippen LogP contribution in [0.1, 0.15) is 31.4 Å². The predicted octanol–water partition coefficient (Wildman–Crippen LogP) is 3.09. The zero-order valence-corrected chi connectivity index (χ0v) is 12.7. The van der Waals surface area contributed by atoms with E-state index in [0.717, 1.165) is 31.7 Å². The first-order valence-electron chi connectivity index (χ1n) is 6.92. The van der Waals surface area contributed by atoms with Crippen LogP contribution in [-0.2, 0) is 0 Å². The minimum atomic E-state index is 0.293. The van der Waals surface area contributed by atoms with Crippen molar-refractivity contribution in [2.45, 2.75) is 31.9 Å². The SMILES string of the molecule is CNC(C)c1ccc(OC2CCN(C)CC2)c(Cl)c1. The van der Waals surface area contributed by atoms with Gasteiger partial charge < -0.3 is 15.0 Å². The Kier molecular flexibility index (Phi) is 5.08. The van der Waals surface area contributed by atoms with E-state index in [-0.39, 0.29) is 0 Å². The Balaban J connectivity index is 2.01. The minimum Gasteiger partial charge on any atom is -0.489 e. The van der Waals surface area contributed by atoms with E-state index in [1.54, 1.807) is 0 Å². The summed E-state index contributed by atoms with van der Waals surface area (Å²) < 4.78 is 6.02. The maximum Gasteiger partial charge on any atom is 0.138 e. The first-order chi connectivity index (χ1) is 9.10. The maximum atomic E-state index is 6.32. The predicted molar refractivity (Wildman–Crippen MR) is 80.1 cm³/mol. The fraction of sp³-hybridized carbons (Fsp3) is 0.600. The molecular formula is C15H23ClN2O. The smallest absolute Gasteiger partial charge is 0.138 e. The Morgan fingerprint density at radius 3 is 2.63 bits per heavy atom. The Labute approximate surface area is 120 Å². The summed E-state index contributed by atoms with van der Waals surface area (Å²) in [5, 5.41) is 3.92. The molecule has 2 rings (SSSR count). The number of piperidine rings is 1. The van der Waals surface area contributed by atoms with Crippen molar-refractivity contribution in [1.82, 2.24) is 10.2 Å². The molecular weight excluding hydrogens is 260 g/mol. The number of rotatable bonds is 4. The fourth-order valence-electron chi connectivity index (χ4n) is 2.33. The van der Waals surface area contributed by atoms with Gasteiger partial charge >= 0.3 is 0 Å². The Morgan fingerprint density at radius 2 is 2.05 bits per heavy atom. The third-order valence-corrected chi connectivity index (χ3v) is 4.14. The standard InChI is InChI=1S/C15H23ClN2O/c1-11(17-2)12-4-5-15(14(16)10-12)19-13-6-8-18(3)9-7-13/h4-5,10-11,13,17H,6-9H2,1-3H3. The lowest BCUT2D eigenvalue weighted by Gasteiger charge is -2.29. The molecule has 1 atom stereocenters. The molecule has 0 aromatic heterocycles. The lowest BCUT2D eigenvalue weighted by Crippen LogP contribution is -2.35. The first kappa shape index (κ1) is 14.6. The second-order valence-corrected chi connectivity index (χ2v) is 5.73. The second-order valence-electron chi connectivity index (χ2n) is 5.32. The van der Waals surface area contributed by atoms with E-state index >= 15 is 0 Å². The highest BCUT2D eigenvalue weighted by Gasteiger charge is 2.19. The quantitative estimate of drug-likeness (QED) is 0.918. The normalized spacial score (nSPS) is 19.4. The summed E-state index contributed by atoms with van der Waals surface area (Å²) in [5.74, 6) is 0.809. The van der Waals surface area contributed by atoms with Gasteiger partial charge in [0.05, 0.1) is 5.02 Å². The van der Waals surface area contributed by atoms with Crippen LogP contribution in [0, 0.1) is 0 Å². The van der Waals surface area contributed by atoms with E-state index in [1.807, 2.05) is 19.2 Å². The molecule has 1 aromatic rings. The molecule has 0 radical (unpaired) electrons. The molecule has 1 aromatic carbocycles. The van der Waals surface area contributed by atoms with Crippen LogP contribution in [0.3, 0.4) is 0 Å². The molecule has 0 amide bonds. The molecule has 1 unspecified atom stereocenters. The van der Waals surface area contributed by atoms with Gasteiger partial charge in [-0.1, -0.05) is 17.7 Å². The second kappa shape index (κ2) is 6.60. The summed E-state index contributed by atoms with van der Waals surface area (Å²) in [6.07, 6.45) is 2.43. The van der Waals surface area contributed by atoms with Crippen molar-refractivity contribution in [3.8, 4) is 5.75 Å². The van der Waals surface area contributed by atoms with Gasteiger partial charge in [-0.3, -0.25) is 0 Å². The van der Waals surface area contributed by atoms with Crippen LogP contribution in [0.5, 0.6) is 5.75 Å². The molecule has 1 fully saturated rings. The van der Waals surface area contributed by atoms with Gasteiger partial charge in [0.1, 0.15) is 11.9 Å². The number of nitrogens with zero attached hydrogens (tertiary/aromatic N) is 1. The van der Waals surface area contributed by atoms with E-state index in [0.29, 0.717) is 17.2 Å². The van der Waals surface area contributed by atoms with Crippen LogP contribution in [-0.4, -0.2) is 38.2 Å². The average Bonchev–Trinajstić information content (AvgIpc) is 2.42. The van der Waals surface area contributed by atoms with Gasteiger partial charge in [-0.05, 0) is 51.6 Å². The molecule has 0 saturated carbocycles. The highest BCUT2D eigenvalue weighted by molar-refractivity contribution is 6.32. The third kappa shape index (κ3) is 3.85. The summed E-state index contributed by atoms with van der Waals surface area (Å²) >= 11 is 6.32. The van der Waals surface area contributed by atoms with Crippen molar-refractivity contribution in [3.63, 3.8) is 0 Å². The number of nitrogens with one attached hydrogen (secondary N) is 1. The Morgan fingerprint density at radius 1 is 1.37 bits per heavy atom. The summed E-state index contributed by atoms with van der Waals surface area (Å²) in [4.78, 5) is 2.33. The number of likely N-dealkylation sites (tertiary alicyclic amines) is 1. The number of ether oxygens (including phenoxy) is 1. The average molecular weight is 283 g/mol. The van der Waals surface area contributed by atoms with Crippen LogP contribution in [0.4, 0.5) is 0 Å². The summed E-state index contributed by atoms with van der Waals surface area (Å²) in [6, 6.07) is 6.36. The Hall–Kier alpha value is -0.770. The monoisotopic (exact) mass is 282 g/mol. The zero-order valence-electron chi connectivity index (χ0n) is 11.9. The van der Waals surface area contributed by atoms with E-state index in [9.17, 15) is 0 Å². The Bertz CT molecular complexity index is 417. The van der Waals surface area contributed by atoms with Crippen LogP contribution in [0.25, 0.3) is 0 Å². The molecule has 0 aliphatic carbocycles. The van der Waals surface area contributed by atoms with Crippen molar-refractivity contribution in [1.29, 1.82) is 0 Å². The molecule has 1 aliphatic rings. The maximum absolute atomic E-state index is 6.32. The third-order valence-electron chi connectivity index (χ3n) is 3.85. The zero-order chi connectivity index (χ0) is 13.8. The summed E-state index contributed by atoms with van der Waals surface area (Å²) in [7, 11) is 4.10. The van der Waals surface area contributed by atoms with Crippen LogP contribution < -0.4 is 10.1 Å². The molecule has 1 saturated heterocycles. The van der Waals surface area contributed by atoms with Crippen LogP contribution in [0.15, 0.2) is 18.2 Å². The van der Waals surface area contributed by atoms with Crippen molar-refractivity contribution < 1.29 is 4.74 Å². The molecule has 4 heteroatoms. The number of halogens is 1. The van der Waals surface area contributed by atoms with Crippen molar-refractivity contribution in [2.75, 3.05) is 27.2 Å². The number of benzene rings is 1. The van der Waals surface area contributed by atoms with Crippen molar-refractivity contribution in [3.05, 3.63) is 28.8 Å². The number of hydrogen-bond donors (Lipinski definition) is 1. The fourth-order valence-corrected chi connectivity index (χ4v) is 2.56. The van der Waals surface area contributed by atoms with Crippen molar-refractivity contribution >= 4 is 11.6 Å².